The Kier molecular flexibility index (Phi) is 5.13. The maximum atomic E-state index is 13.4. The van der Waals surface area contributed by atoms with Crippen LogP contribution in [-0.4, -0.2) is 40.9 Å². The van der Waals surface area contributed by atoms with Gasteiger partial charge in [-0.2, -0.15) is 5.10 Å². The molecule has 0 unspecified atom stereocenters. The van der Waals surface area contributed by atoms with Crippen molar-refractivity contribution in [1.29, 1.82) is 0 Å². The smallest absolute Gasteiger partial charge is 0.126 e. The first kappa shape index (κ1) is 18.6. The Morgan fingerprint density at radius 1 is 0.893 bits per heavy atom. The van der Waals surface area contributed by atoms with Crippen molar-refractivity contribution in [2.75, 3.05) is 31.1 Å². The van der Waals surface area contributed by atoms with E-state index in [1.165, 1.54) is 17.8 Å². The second-order valence-electron chi connectivity index (χ2n) is 7.31. The molecular weight excluding hydrogens is 358 g/mol. The van der Waals surface area contributed by atoms with E-state index in [4.69, 9.17) is 5.10 Å². The van der Waals surface area contributed by atoms with E-state index in [1.807, 2.05) is 29.8 Å². The number of benzene rings is 2. The summed E-state index contributed by atoms with van der Waals surface area (Å²) in [6, 6.07) is 13.9. The van der Waals surface area contributed by atoms with Crippen LogP contribution in [0, 0.1) is 25.5 Å². The summed E-state index contributed by atoms with van der Waals surface area (Å²) in [5.74, 6) is -1.04. The van der Waals surface area contributed by atoms with Gasteiger partial charge in [0.15, 0.2) is 0 Å². The van der Waals surface area contributed by atoms with Gasteiger partial charge in [0.1, 0.15) is 11.6 Å². The van der Waals surface area contributed by atoms with Crippen molar-refractivity contribution in [2.45, 2.75) is 20.4 Å². The van der Waals surface area contributed by atoms with Crippen molar-refractivity contribution in [3.05, 3.63) is 77.1 Å². The molecule has 1 saturated heterocycles. The summed E-state index contributed by atoms with van der Waals surface area (Å²) in [6.07, 6.45) is 0. The summed E-state index contributed by atoms with van der Waals surface area (Å²) in [5, 5.41) is 4.74. The van der Waals surface area contributed by atoms with E-state index in [0.29, 0.717) is 12.1 Å². The predicted molar refractivity (Wildman–Crippen MR) is 107 cm³/mol. The molecule has 1 fully saturated rings. The monoisotopic (exact) mass is 382 g/mol. The summed E-state index contributed by atoms with van der Waals surface area (Å²) in [4.78, 5) is 4.59. The van der Waals surface area contributed by atoms with Gasteiger partial charge < -0.3 is 4.90 Å². The molecule has 4 rings (SSSR count). The van der Waals surface area contributed by atoms with Crippen LogP contribution in [0.2, 0.25) is 0 Å². The zero-order chi connectivity index (χ0) is 19.7. The maximum absolute atomic E-state index is 13.4. The van der Waals surface area contributed by atoms with Gasteiger partial charge in [0.05, 0.1) is 22.8 Å². The van der Waals surface area contributed by atoms with E-state index in [1.54, 1.807) is 0 Å². The lowest BCUT2D eigenvalue weighted by Gasteiger charge is -2.36. The van der Waals surface area contributed by atoms with E-state index in [-0.39, 0.29) is 0 Å². The Labute approximate surface area is 164 Å². The van der Waals surface area contributed by atoms with Gasteiger partial charge in [0, 0.05) is 38.8 Å². The molecule has 0 aliphatic carbocycles. The van der Waals surface area contributed by atoms with Crippen LogP contribution in [0.3, 0.4) is 0 Å². The third kappa shape index (κ3) is 3.78. The summed E-state index contributed by atoms with van der Waals surface area (Å²) in [6.45, 7) is 8.11. The average Bonchev–Trinajstić information content (AvgIpc) is 2.97. The lowest BCUT2D eigenvalue weighted by Crippen LogP contribution is -2.46. The fourth-order valence-corrected chi connectivity index (χ4v) is 4.00. The normalized spacial score (nSPS) is 15.2. The van der Waals surface area contributed by atoms with Gasteiger partial charge in [-0.15, -0.1) is 0 Å². The third-order valence-electron chi connectivity index (χ3n) is 5.27. The van der Waals surface area contributed by atoms with Crippen LogP contribution < -0.4 is 4.90 Å². The second-order valence-corrected chi connectivity index (χ2v) is 7.31. The van der Waals surface area contributed by atoms with E-state index in [0.717, 1.165) is 49.3 Å². The molecule has 0 saturated carbocycles. The van der Waals surface area contributed by atoms with Crippen LogP contribution in [0.1, 0.15) is 17.0 Å². The van der Waals surface area contributed by atoms with E-state index < -0.39 is 11.6 Å². The Bertz CT molecular complexity index is 940. The molecule has 0 radical (unpaired) electrons. The van der Waals surface area contributed by atoms with Gasteiger partial charge in [-0.05, 0) is 43.7 Å². The lowest BCUT2D eigenvalue weighted by atomic mass is 10.1. The highest BCUT2D eigenvalue weighted by molar-refractivity contribution is 5.57. The standard InChI is InChI=1S/C22H24F2N4/c1-16-22(17(2)28(25-16)21-6-4-3-5-7-21)27-10-8-26(9-11-27)15-18-12-19(23)14-20(24)13-18/h3-7,12-14H,8-11,15H2,1-2H3. The summed E-state index contributed by atoms with van der Waals surface area (Å²) < 4.78 is 28.8. The average molecular weight is 382 g/mol. The van der Waals surface area contributed by atoms with Crippen LogP contribution in [0.25, 0.3) is 5.69 Å². The molecule has 28 heavy (non-hydrogen) atoms. The molecule has 1 aliphatic rings. The Morgan fingerprint density at radius 2 is 1.54 bits per heavy atom. The first-order valence-corrected chi connectivity index (χ1v) is 9.55. The number of hydrogen-bond acceptors (Lipinski definition) is 3. The molecule has 0 atom stereocenters. The second kappa shape index (κ2) is 7.72. The molecule has 2 heterocycles. The predicted octanol–water partition coefficient (Wildman–Crippen LogP) is 4.09. The van der Waals surface area contributed by atoms with Crippen molar-refractivity contribution in [3.63, 3.8) is 0 Å². The summed E-state index contributed by atoms with van der Waals surface area (Å²) in [5.41, 5.74) is 5.06. The minimum absolute atomic E-state index is 0.520. The molecule has 3 aromatic rings. The molecular formula is C22H24F2N4. The molecule has 1 aliphatic heterocycles. The Balaban J connectivity index is 1.46. The lowest BCUT2D eigenvalue weighted by molar-refractivity contribution is 0.249. The SMILES string of the molecule is Cc1nn(-c2ccccc2)c(C)c1N1CCN(Cc2cc(F)cc(F)c2)CC1. The number of piperazine rings is 1. The minimum atomic E-state index is -0.520. The highest BCUT2D eigenvalue weighted by Gasteiger charge is 2.23. The highest BCUT2D eigenvalue weighted by Crippen LogP contribution is 2.28. The van der Waals surface area contributed by atoms with Gasteiger partial charge in [-0.25, -0.2) is 13.5 Å². The number of aromatic nitrogens is 2. The van der Waals surface area contributed by atoms with Gasteiger partial charge in [0.25, 0.3) is 0 Å². The topological polar surface area (TPSA) is 24.3 Å². The summed E-state index contributed by atoms with van der Waals surface area (Å²) in [7, 11) is 0. The first-order valence-electron chi connectivity index (χ1n) is 9.55. The number of hydrogen-bond donors (Lipinski definition) is 0. The molecule has 6 heteroatoms. The van der Waals surface area contributed by atoms with Crippen LogP contribution in [0.4, 0.5) is 14.5 Å². The molecule has 4 nitrogen and oxygen atoms in total. The zero-order valence-electron chi connectivity index (χ0n) is 16.2. The van der Waals surface area contributed by atoms with Crippen LogP contribution in [0.15, 0.2) is 48.5 Å². The third-order valence-corrected chi connectivity index (χ3v) is 5.27. The number of anilines is 1. The van der Waals surface area contributed by atoms with Crippen LogP contribution in [-0.2, 0) is 6.54 Å². The molecule has 0 N–H and O–H groups in total. The Hall–Kier alpha value is -2.73. The maximum Gasteiger partial charge on any atom is 0.126 e. The van der Waals surface area contributed by atoms with Gasteiger partial charge in [-0.1, -0.05) is 18.2 Å². The van der Waals surface area contributed by atoms with E-state index >= 15 is 0 Å². The van der Waals surface area contributed by atoms with Crippen molar-refractivity contribution in [1.82, 2.24) is 14.7 Å². The van der Waals surface area contributed by atoms with E-state index in [9.17, 15) is 8.78 Å². The van der Waals surface area contributed by atoms with Crippen LogP contribution in [0.5, 0.6) is 0 Å². The molecule has 0 spiro atoms. The van der Waals surface area contributed by atoms with Crippen molar-refractivity contribution in [2.24, 2.45) is 0 Å². The largest absolute Gasteiger partial charge is 0.366 e. The first-order chi connectivity index (χ1) is 13.5. The molecule has 0 amide bonds. The molecule has 0 bridgehead atoms. The number of aryl methyl sites for hydroxylation is 1. The van der Waals surface area contributed by atoms with Gasteiger partial charge >= 0.3 is 0 Å². The Morgan fingerprint density at radius 3 is 2.18 bits per heavy atom. The van der Waals surface area contributed by atoms with Gasteiger partial charge in [-0.3, -0.25) is 4.90 Å². The van der Waals surface area contributed by atoms with Crippen molar-refractivity contribution < 1.29 is 8.78 Å². The fraction of sp³-hybridized carbons (Fsp3) is 0.318. The van der Waals surface area contributed by atoms with E-state index in [2.05, 4.69) is 28.9 Å². The minimum Gasteiger partial charge on any atom is -0.366 e. The quantitative estimate of drug-likeness (QED) is 0.679. The van der Waals surface area contributed by atoms with Crippen molar-refractivity contribution in [3.8, 4) is 5.69 Å². The van der Waals surface area contributed by atoms with Gasteiger partial charge in [0.2, 0.25) is 0 Å². The molecule has 2 aromatic carbocycles. The fourth-order valence-electron chi connectivity index (χ4n) is 4.00. The zero-order valence-corrected chi connectivity index (χ0v) is 16.2. The molecule has 1 aromatic heterocycles. The number of nitrogens with zero attached hydrogens (tertiary/aromatic N) is 4. The highest BCUT2D eigenvalue weighted by atomic mass is 19.1. The number of halogens is 2. The van der Waals surface area contributed by atoms with Crippen LogP contribution >= 0.6 is 0 Å². The molecule has 146 valence electrons. The number of rotatable bonds is 4. The number of para-hydroxylation sites is 1. The summed E-state index contributed by atoms with van der Waals surface area (Å²) >= 11 is 0. The van der Waals surface area contributed by atoms with Crippen molar-refractivity contribution >= 4 is 5.69 Å².